The molecule has 3 heteroatoms. The van der Waals surface area contributed by atoms with E-state index in [0.717, 1.165) is 21.6 Å². The van der Waals surface area contributed by atoms with E-state index in [9.17, 15) is 0 Å². The van der Waals surface area contributed by atoms with Crippen molar-refractivity contribution in [3.63, 3.8) is 0 Å². The number of halogens is 2. The van der Waals surface area contributed by atoms with E-state index >= 15 is 0 Å². The van der Waals surface area contributed by atoms with Gasteiger partial charge in [0.05, 0.1) is 0 Å². The van der Waals surface area contributed by atoms with Crippen LogP contribution in [0, 0.1) is 0 Å². The molecule has 0 N–H and O–H groups in total. The van der Waals surface area contributed by atoms with Crippen LogP contribution in [-0.4, -0.2) is 10.5 Å². The fourth-order valence-corrected chi connectivity index (χ4v) is 2.06. The Labute approximate surface area is 90.2 Å². The monoisotopic (exact) mass is 294 g/mol. The van der Waals surface area contributed by atoms with Crippen molar-refractivity contribution in [3.8, 4) is 5.75 Å². The first kappa shape index (κ1) is 8.63. The quantitative estimate of drug-likeness (QED) is 0.571. The Kier molecular flexibility index (Phi) is 2.46. The van der Waals surface area contributed by atoms with Crippen molar-refractivity contribution < 1.29 is 4.74 Å². The summed E-state index contributed by atoms with van der Waals surface area (Å²) >= 11 is 8.20. The molecule has 0 saturated carbocycles. The lowest BCUT2D eigenvalue weighted by Gasteiger charge is -2.04. The van der Waals surface area contributed by atoms with E-state index in [1.807, 2.05) is 18.2 Å². The Balaban J connectivity index is 2.30. The van der Waals surface area contributed by atoms with Crippen LogP contribution in [0.1, 0.15) is 5.56 Å². The van der Waals surface area contributed by atoms with Crippen molar-refractivity contribution in [1.82, 2.24) is 0 Å². The molecule has 1 atom stereocenters. The van der Waals surface area contributed by atoms with Gasteiger partial charge in [-0.2, -0.15) is 0 Å². The molecule has 1 aliphatic rings. The molecule has 0 radical (unpaired) electrons. The SMILES string of the molecule is Clc1ccc2c(c1)C[C@H](CI)O2. The minimum atomic E-state index is 0.346. The summed E-state index contributed by atoms with van der Waals surface area (Å²) < 4.78 is 6.68. The van der Waals surface area contributed by atoms with Gasteiger partial charge in [-0.3, -0.25) is 0 Å². The Hall–Kier alpha value is 0.0400. The van der Waals surface area contributed by atoms with Gasteiger partial charge in [0, 0.05) is 15.9 Å². The van der Waals surface area contributed by atoms with E-state index < -0.39 is 0 Å². The molecule has 1 aromatic rings. The molecule has 0 fully saturated rings. The highest BCUT2D eigenvalue weighted by Crippen LogP contribution is 2.31. The van der Waals surface area contributed by atoms with Gasteiger partial charge in [0.1, 0.15) is 11.9 Å². The first-order valence-corrected chi connectivity index (χ1v) is 5.71. The Morgan fingerprint density at radius 1 is 1.58 bits per heavy atom. The molecule has 0 bridgehead atoms. The van der Waals surface area contributed by atoms with Gasteiger partial charge in [-0.25, -0.2) is 0 Å². The van der Waals surface area contributed by atoms with E-state index in [4.69, 9.17) is 16.3 Å². The van der Waals surface area contributed by atoms with Crippen molar-refractivity contribution in [3.05, 3.63) is 28.8 Å². The van der Waals surface area contributed by atoms with Crippen molar-refractivity contribution in [1.29, 1.82) is 0 Å². The summed E-state index contributed by atoms with van der Waals surface area (Å²) in [6.45, 7) is 0. The number of benzene rings is 1. The number of hydrogen-bond acceptors (Lipinski definition) is 1. The summed E-state index contributed by atoms with van der Waals surface area (Å²) in [5.74, 6) is 1.00. The van der Waals surface area contributed by atoms with Crippen LogP contribution < -0.4 is 4.74 Å². The van der Waals surface area contributed by atoms with Gasteiger partial charge in [-0.1, -0.05) is 34.2 Å². The zero-order valence-corrected chi connectivity index (χ0v) is 9.30. The maximum atomic E-state index is 5.86. The number of rotatable bonds is 1. The third-order valence-electron chi connectivity index (χ3n) is 1.94. The van der Waals surface area contributed by atoms with Crippen LogP contribution in [0.25, 0.3) is 0 Å². The van der Waals surface area contributed by atoms with E-state index in [2.05, 4.69) is 22.6 Å². The molecule has 64 valence electrons. The second kappa shape index (κ2) is 3.42. The number of hydrogen-bond donors (Lipinski definition) is 0. The number of ether oxygens (including phenoxy) is 1. The highest BCUT2D eigenvalue weighted by molar-refractivity contribution is 14.1. The Bertz CT molecular complexity index is 301. The summed E-state index contributed by atoms with van der Waals surface area (Å²) in [6, 6.07) is 5.81. The molecule has 0 aliphatic carbocycles. The van der Waals surface area contributed by atoms with Gasteiger partial charge in [0.2, 0.25) is 0 Å². The summed E-state index contributed by atoms with van der Waals surface area (Å²) in [6.07, 6.45) is 1.35. The van der Waals surface area contributed by atoms with E-state index in [1.54, 1.807) is 0 Å². The molecule has 0 saturated heterocycles. The molecule has 1 aliphatic heterocycles. The summed E-state index contributed by atoms with van der Waals surface area (Å²) in [7, 11) is 0. The normalized spacial score (nSPS) is 20.3. The largest absolute Gasteiger partial charge is 0.489 e. The first-order chi connectivity index (χ1) is 5.79. The van der Waals surface area contributed by atoms with E-state index in [-0.39, 0.29) is 0 Å². The molecule has 12 heavy (non-hydrogen) atoms. The van der Waals surface area contributed by atoms with Crippen LogP contribution in [0.5, 0.6) is 5.75 Å². The molecule has 0 unspecified atom stereocenters. The summed E-state index contributed by atoms with van der Waals surface area (Å²) in [5, 5.41) is 0.798. The predicted molar refractivity (Wildman–Crippen MR) is 58.5 cm³/mol. The molecule has 0 spiro atoms. The van der Waals surface area contributed by atoms with Crippen LogP contribution in [0.3, 0.4) is 0 Å². The maximum Gasteiger partial charge on any atom is 0.123 e. The lowest BCUT2D eigenvalue weighted by Crippen LogP contribution is -2.13. The van der Waals surface area contributed by atoms with Gasteiger partial charge in [-0.05, 0) is 23.8 Å². The highest BCUT2D eigenvalue weighted by atomic mass is 127. The predicted octanol–water partition coefficient (Wildman–Crippen LogP) is 3.08. The van der Waals surface area contributed by atoms with Gasteiger partial charge in [-0.15, -0.1) is 0 Å². The highest BCUT2D eigenvalue weighted by Gasteiger charge is 2.21. The molecule has 1 nitrogen and oxygen atoms in total. The molecule has 2 rings (SSSR count). The molecule has 0 amide bonds. The lowest BCUT2D eigenvalue weighted by atomic mass is 10.1. The second-order valence-electron chi connectivity index (χ2n) is 2.85. The van der Waals surface area contributed by atoms with Crippen molar-refractivity contribution in [2.24, 2.45) is 0 Å². The van der Waals surface area contributed by atoms with Crippen molar-refractivity contribution in [2.75, 3.05) is 4.43 Å². The summed E-state index contributed by atoms with van der Waals surface area (Å²) in [5.41, 5.74) is 1.24. The van der Waals surface area contributed by atoms with Crippen LogP contribution in [0.4, 0.5) is 0 Å². The van der Waals surface area contributed by atoms with Crippen LogP contribution in [0.2, 0.25) is 5.02 Å². The smallest absolute Gasteiger partial charge is 0.123 e. The van der Waals surface area contributed by atoms with Gasteiger partial charge < -0.3 is 4.74 Å². The van der Waals surface area contributed by atoms with Gasteiger partial charge >= 0.3 is 0 Å². The van der Waals surface area contributed by atoms with Crippen molar-refractivity contribution >= 4 is 34.2 Å². The number of alkyl halides is 1. The molecule has 1 heterocycles. The van der Waals surface area contributed by atoms with Gasteiger partial charge in [0.15, 0.2) is 0 Å². The fraction of sp³-hybridized carbons (Fsp3) is 0.333. The molecule has 1 aromatic carbocycles. The Morgan fingerprint density at radius 3 is 3.17 bits per heavy atom. The Morgan fingerprint density at radius 2 is 2.42 bits per heavy atom. The van der Waals surface area contributed by atoms with Crippen LogP contribution in [-0.2, 0) is 6.42 Å². The number of fused-ring (bicyclic) bond motifs is 1. The van der Waals surface area contributed by atoms with Gasteiger partial charge in [0.25, 0.3) is 0 Å². The third-order valence-corrected chi connectivity index (χ3v) is 3.15. The van der Waals surface area contributed by atoms with E-state index in [1.165, 1.54) is 5.56 Å². The van der Waals surface area contributed by atoms with Crippen LogP contribution in [0.15, 0.2) is 18.2 Å². The van der Waals surface area contributed by atoms with Crippen molar-refractivity contribution in [2.45, 2.75) is 12.5 Å². The lowest BCUT2D eigenvalue weighted by molar-refractivity contribution is 0.262. The summed E-state index contributed by atoms with van der Waals surface area (Å²) in [4.78, 5) is 0. The topological polar surface area (TPSA) is 9.23 Å². The fourth-order valence-electron chi connectivity index (χ4n) is 1.38. The first-order valence-electron chi connectivity index (χ1n) is 3.80. The zero-order chi connectivity index (χ0) is 8.55. The average molecular weight is 295 g/mol. The average Bonchev–Trinajstić information content (AvgIpc) is 2.46. The molecular formula is C9H8ClIO. The maximum absolute atomic E-state index is 5.86. The minimum Gasteiger partial charge on any atom is -0.489 e. The molecule has 0 aromatic heterocycles. The molecular weight excluding hydrogens is 286 g/mol. The standard InChI is InChI=1S/C9H8ClIO/c10-7-1-2-9-6(3-7)4-8(5-11)12-9/h1-3,8H,4-5H2/t8-/m1/s1. The minimum absolute atomic E-state index is 0.346. The third kappa shape index (κ3) is 1.55. The van der Waals surface area contributed by atoms with E-state index in [0.29, 0.717) is 6.10 Å². The second-order valence-corrected chi connectivity index (χ2v) is 4.17. The zero-order valence-electron chi connectivity index (χ0n) is 6.39. The van der Waals surface area contributed by atoms with Crippen LogP contribution >= 0.6 is 34.2 Å².